The maximum atomic E-state index is 12.2. The first-order valence-corrected chi connectivity index (χ1v) is 6.40. The van der Waals surface area contributed by atoms with Gasteiger partial charge in [-0.25, -0.2) is 4.98 Å². The predicted octanol–water partition coefficient (Wildman–Crippen LogP) is 2.17. The largest absolute Gasteiger partial charge is 0.480 e. The number of aromatic nitrogens is 1. The van der Waals surface area contributed by atoms with Gasteiger partial charge in [0.05, 0.1) is 0 Å². The first kappa shape index (κ1) is 14.6. The van der Waals surface area contributed by atoms with E-state index >= 15 is 0 Å². The monoisotopic (exact) mass is 314 g/mol. The van der Waals surface area contributed by atoms with E-state index in [1.165, 1.54) is 4.90 Å². The molecular formula is C12H15BrN2O3. The molecule has 1 heterocycles. The zero-order chi connectivity index (χ0) is 13.7. The summed E-state index contributed by atoms with van der Waals surface area (Å²) >= 11 is 3.19. The normalized spacial score (nSPS) is 11.9. The SMILES string of the molecule is CCC(C)N(CC(=O)O)C(=O)c1cccc(Br)n1. The van der Waals surface area contributed by atoms with E-state index in [9.17, 15) is 9.59 Å². The second-order valence-electron chi connectivity index (χ2n) is 3.93. The Balaban J connectivity index is 2.98. The van der Waals surface area contributed by atoms with Crippen molar-refractivity contribution in [3.05, 3.63) is 28.5 Å². The Kier molecular flexibility index (Phi) is 5.27. The Morgan fingerprint density at radius 3 is 2.67 bits per heavy atom. The number of carboxylic acids is 1. The summed E-state index contributed by atoms with van der Waals surface area (Å²) in [5.41, 5.74) is 0.242. The van der Waals surface area contributed by atoms with Crippen LogP contribution < -0.4 is 0 Å². The van der Waals surface area contributed by atoms with Crippen molar-refractivity contribution in [1.29, 1.82) is 0 Å². The number of rotatable bonds is 5. The highest BCUT2D eigenvalue weighted by molar-refractivity contribution is 9.10. The summed E-state index contributed by atoms with van der Waals surface area (Å²) in [5, 5.41) is 8.86. The molecule has 0 spiro atoms. The van der Waals surface area contributed by atoms with Crippen LogP contribution in [-0.4, -0.2) is 39.5 Å². The average molecular weight is 315 g/mol. The molecule has 1 aromatic heterocycles. The maximum absolute atomic E-state index is 12.2. The third-order valence-corrected chi connectivity index (χ3v) is 3.07. The summed E-state index contributed by atoms with van der Waals surface area (Å²) in [6.45, 7) is 3.40. The van der Waals surface area contributed by atoms with Gasteiger partial charge in [-0.3, -0.25) is 9.59 Å². The Morgan fingerprint density at radius 1 is 1.50 bits per heavy atom. The van der Waals surface area contributed by atoms with E-state index in [1.54, 1.807) is 18.2 Å². The van der Waals surface area contributed by atoms with Crippen LogP contribution in [0.2, 0.25) is 0 Å². The zero-order valence-electron chi connectivity index (χ0n) is 10.3. The van der Waals surface area contributed by atoms with Crippen LogP contribution in [0.4, 0.5) is 0 Å². The summed E-state index contributed by atoms with van der Waals surface area (Å²) in [4.78, 5) is 28.4. The molecule has 1 N–H and O–H groups in total. The van der Waals surface area contributed by atoms with Gasteiger partial charge in [0, 0.05) is 6.04 Å². The molecular weight excluding hydrogens is 300 g/mol. The lowest BCUT2D eigenvalue weighted by Gasteiger charge is -2.26. The van der Waals surface area contributed by atoms with Gasteiger partial charge in [-0.15, -0.1) is 0 Å². The van der Waals surface area contributed by atoms with Crippen LogP contribution in [0, 0.1) is 0 Å². The van der Waals surface area contributed by atoms with Crippen molar-refractivity contribution in [2.75, 3.05) is 6.54 Å². The van der Waals surface area contributed by atoms with Crippen molar-refractivity contribution in [3.63, 3.8) is 0 Å². The van der Waals surface area contributed by atoms with Gasteiger partial charge >= 0.3 is 5.97 Å². The molecule has 0 radical (unpaired) electrons. The average Bonchev–Trinajstić information content (AvgIpc) is 2.34. The standard InChI is InChI=1S/C12H15BrN2O3/c1-3-8(2)15(7-11(16)17)12(18)9-5-4-6-10(13)14-9/h4-6,8H,3,7H2,1-2H3,(H,16,17). The van der Waals surface area contributed by atoms with Crippen molar-refractivity contribution in [2.45, 2.75) is 26.3 Å². The summed E-state index contributed by atoms with van der Waals surface area (Å²) in [7, 11) is 0. The van der Waals surface area contributed by atoms with Crippen LogP contribution in [0.15, 0.2) is 22.8 Å². The van der Waals surface area contributed by atoms with Gasteiger partial charge in [-0.1, -0.05) is 13.0 Å². The number of carbonyl (C=O) groups is 2. The van der Waals surface area contributed by atoms with Crippen LogP contribution in [-0.2, 0) is 4.79 Å². The molecule has 5 nitrogen and oxygen atoms in total. The van der Waals surface area contributed by atoms with E-state index < -0.39 is 5.97 Å². The second kappa shape index (κ2) is 6.49. The van der Waals surface area contributed by atoms with Crippen molar-refractivity contribution in [1.82, 2.24) is 9.88 Å². The second-order valence-corrected chi connectivity index (χ2v) is 4.74. The topological polar surface area (TPSA) is 70.5 Å². The Morgan fingerprint density at radius 2 is 2.17 bits per heavy atom. The highest BCUT2D eigenvalue weighted by atomic mass is 79.9. The van der Waals surface area contributed by atoms with Crippen LogP contribution >= 0.6 is 15.9 Å². The fourth-order valence-corrected chi connectivity index (χ4v) is 1.81. The van der Waals surface area contributed by atoms with Crippen molar-refractivity contribution < 1.29 is 14.7 Å². The third-order valence-electron chi connectivity index (χ3n) is 2.62. The van der Waals surface area contributed by atoms with Gasteiger partial charge in [0.25, 0.3) is 5.91 Å². The molecule has 1 rings (SSSR count). The van der Waals surface area contributed by atoms with Gasteiger partial charge in [-0.05, 0) is 41.4 Å². The number of pyridine rings is 1. The van der Waals surface area contributed by atoms with Crippen LogP contribution in [0.5, 0.6) is 0 Å². The van der Waals surface area contributed by atoms with E-state index in [4.69, 9.17) is 5.11 Å². The van der Waals surface area contributed by atoms with E-state index in [0.29, 0.717) is 11.0 Å². The van der Waals surface area contributed by atoms with Gasteiger partial charge in [0.2, 0.25) is 0 Å². The molecule has 0 fully saturated rings. The van der Waals surface area contributed by atoms with E-state index in [-0.39, 0.29) is 24.2 Å². The van der Waals surface area contributed by atoms with Crippen LogP contribution in [0.1, 0.15) is 30.8 Å². The van der Waals surface area contributed by atoms with Crippen molar-refractivity contribution >= 4 is 27.8 Å². The molecule has 0 aliphatic heterocycles. The maximum Gasteiger partial charge on any atom is 0.323 e. The quantitative estimate of drug-likeness (QED) is 0.846. The number of aliphatic carboxylic acids is 1. The van der Waals surface area contributed by atoms with Gasteiger partial charge in [-0.2, -0.15) is 0 Å². The smallest absolute Gasteiger partial charge is 0.323 e. The van der Waals surface area contributed by atoms with Crippen LogP contribution in [0.3, 0.4) is 0 Å². The molecule has 1 unspecified atom stereocenters. The zero-order valence-corrected chi connectivity index (χ0v) is 11.8. The van der Waals surface area contributed by atoms with Gasteiger partial charge in [0.1, 0.15) is 16.8 Å². The molecule has 1 amide bonds. The molecule has 1 atom stereocenters. The molecule has 6 heteroatoms. The van der Waals surface area contributed by atoms with Crippen LogP contribution in [0.25, 0.3) is 0 Å². The predicted molar refractivity (Wildman–Crippen MR) is 70.4 cm³/mol. The molecule has 0 aliphatic rings. The van der Waals surface area contributed by atoms with Crippen molar-refractivity contribution in [2.24, 2.45) is 0 Å². The van der Waals surface area contributed by atoms with E-state index in [0.717, 1.165) is 0 Å². The molecule has 0 aromatic carbocycles. The first-order valence-electron chi connectivity index (χ1n) is 5.61. The van der Waals surface area contributed by atoms with E-state index in [2.05, 4.69) is 20.9 Å². The van der Waals surface area contributed by atoms with Crippen molar-refractivity contribution in [3.8, 4) is 0 Å². The Hall–Kier alpha value is -1.43. The fraction of sp³-hybridized carbons (Fsp3) is 0.417. The molecule has 18 heavy (non-hydrogen) atoms. The Bertz CT molecular complexity index is 451. The molecule has 98 valence electrons. The van der Waals surface area contributed by atoms with Gasteiger partial charge < -0.3 is 10.0 Å². The first-order chi connectivity index (χ1) is 8.45. The lowest BCUT2D eigenvalue weighted by atomic mass is 10.2. The van der Waals surface area contributed by atoms with Gasteiger partial charge in [0.15, 0.2) is 0 Å². The Labute approximate surface area is 114 Å². The minimum absolute atomic E-state index is 0.144. The number of amides is 1. The number of hydrogen-bond acceptors (Lipinski definition) is 3. The highest BCUT2D eigenvalue weighted by Crippen LogP contribution is 2.12. The molecule has 0 saturated carbocycles. The summed E-state index contributed by atoms with van der Waals surface area (Å²) < 4.78 is 0.549. The molecule has 0 saturated heterocycles. The minimum atomic E-state index is -1.03. The third kappa shape index (κ3) is 3.80. The van der Waals surface area contributed by atoms with E-state index in [1.807, 2.05) is 13.8 Å². The number of hydrogen-bond donors (Lipinski definition) is 1. The summed E-state index contributed by atoms with van der Waals surface area (Å²) in [6, 6.07) is 4.83. The fourth-order valence-electron chi connectivity index (χ4n) is 1.47. The highest BCUT2D eigenvalue weighted by Gasteiger charge is 2.23. The number of carboxylic acid groups (broad SMARTS) is 1. The number of nitrogens with zero attached hydrogens (tertiary/aromatic N) is 2. The lowest BCUT2D eigenvalue weighted by Crippen LogP contribution is -2.42. The molecule has 0 aliphatic carbocycles. The summed E-state index contributed by atoms with van der Waals surface area (Å²) in [6.07, 6.45) is 0.688. The molecule has 1 aromatic rings. The minimum Gasteiger partial charge on any atom is -0.480 e. The lowest BCUT2D eigenvalue weighted by molar-refractivity contribution is -0.138. The molecule has 0 bridgehead atoms. The number of halogens is 1. The summed E-state index contributed by atoms with van der Waals surface area (Å²) in [5.74, 6) is -1.40. The number of carbonyl (C=O) groups excluding carboxylic acids is 1.